The number of nitrogens with two attached hydrogens (primary N) is 1. The third kappa shape index (κ3) is 3.49. The summed E-state index contributed by atoms with van der Waals surface area (Å²) in [4.78, 5) is 29.9. The molecule has 1 saturated heterocycles. The van der Waals surface area contributed by atoms with Crippen molar-refractivity contribution in [3.63, 3.8) is 0 Å². The third-order valence-corrected chi connectivity index (χ3v) is 3.42. The number of likely N-dealkylation sites (N-methyl/N-ethyl adjacent to an activating group) is 1. The Morgan fingerprint density at radius 2 is 2.29 bits per heavy atom. The van der Waals surface area contributed by atoms with Crippen LogP contribution in [0.1, 0.15) is 23.0 Å². The van der Waals surface area contributed by atoms with Crippen molar-refractivity contribution in [3.8, 4) is 0 Å². The Morgan fingerprint density at radius 3 is 2.95 bits per heavy atom. The van der Waals surface area contributed by atoms with Crippen molar-refractivity contribution in [3.05, 3.63) is 23.4 Å². The summed E-state index contributed by atoms with van der Waals surface area (Å²) >= 11 is 0. The van der Waals surface area contributed by atoms with Gasteiger partial charge in [0.25, 0.3) is 0 Å². The maximum absolute atomic E-state index is 12.2. The summed E-state index contributed by atoms with van der Waals surface area (Å²) in [5.41, 5.74) is 6.46. The van der Waals surface area contributed by atoms with Gasteiger partial charge in [-0.1, -0.05) is 0 Å². The lowest BCUT2D eigenvalue weighted by atomic mass is 10.1. The second-order valence-electron chi connectivity index (χ2n) is 5.03. The van der Waals surface area contributed by atoms with Crippen LogP contribution >= 0.6 is 0 Å². The van der Waals surface area contributed by atoms with Gasteiger partial charge in [-0.3, -0.25) is 9.59 Å². The zero-order valence-electron chi connectivity index (χ0n) is 12.3. The van der Waals surface area contributed by atoms with Gasteiger partial charge in [-0.25, -0.2) is 4.98 Å². The molecule has 0 radical (unpaired) electrons. The molecule has 114 valence electrons. The minimum Gasteiger partial charge on any atom is -0.366 e. The van der Waals surface area contributed by atoms with Crippen molar-refractivity contribution in [1.29, 1.82) is 0 Å². The zero-order valence-corrected chi connectivity index (χ0v) is 12.3. The number of nitrogens with one attached hydrogen (secondary N) is 2. The molecule has 0 aromatic carbocycles. The normalized spacial score (nSPS) is 18.4. The average molecular weight is 291 g/mol. The monoisotopic (exact) mass is 291 g/mol. The van der Waals surface area contributed by atoms with Gasteiger partial charge in [0.2, 0.25) is 11.8 Å². The number of carbonyl (C=O) groups is 2. The van der Waals surface area contributed by atoms with Gasteiger partial charge in [-0.05, 0) is 26.0 Å². The Balaban J connectivity index is 2.32. The number of pyridine rings is 1. The van der Waals surface area contributed by atoms with Gasteiger partial charge in [0.15, 0.2) is 0 Å². The van der Waals surface area contributed by atoms with Gasteiger partial charge in [0.1, 0.15) is 11.9 Å². The van der Waals surface area contributed by atoms with Crippen molar-refractivity contribution in [2.45, 2.75) is 19.9 Å². The highest BCUT2D eigenvalue weighted by Gasteiger charge is 2.29. The largest absolute Gasteiger partial charge is 0.366 e. The SMILES string of the molecule is CCNC(=O)C1CNCCN1c1cc(C(N)=O)cc(C)n1. The molecule has 2 amide bonds. The molecule has 1 aromatic heterocycles. The number of aryl methyl sites for hydroxylation is 1. The number of primary amides is 1. The van der Waals surface area contributed by atoms with E-state index in [1.54, 1.807) is 19.1 Å². The first kappa shape index (κ1) is 15.2. The predicted octanol–water partition coefficient (Wildman–Crippen LogP) is -0.597. The van der Waals surface area contributed by atoms with Crippen molar-refractivity contribution in [2.75, 3.05) is 31.1 Å². The molecule has 7 heteroatoms. The second kappa shape index (κ2) is 6.53. The van der Waals surface area contributed by atoms with Gasteiger partial charge < -0.3 is 21.3 Å². The highest BCUT2D eigenvalue weighted by atomic mass is 16.2. The molecule has 0 bridgehead atoms. The number of piperazine rings is 1. The van der Waals surface area contributed by atoms with E-state index >= 15 is 0 Å². The van der Waals surface area contributed by atoms with E-state index < -0.39 is 5.91 Å². The lowest BCUT2D eigenvalue weighted by Gasteiger charge is -2.36. The van der Waals surface area contributed by atoms with E-state index in [4.69, 9.17) is 5.73 Å². The van der Waals surface area contributed by atoms with E-state index in [0.717, 1.165) is 6.54 Å². The maximum atomic E-state index is 12.2. The number of anilines is 1. The molecule has 1 atom stereocenters. The van der Waals surface area contributed by atoms with Crippen LogP contribution in [0.5, 0.6) is 0 Å². The van der Waals surface area contributed by atoms with E-state index in [0.29, 0.717) is 36.7 Å². The topological polar surface area (TPSA) is 100 Å². The van der Waals surface area contributed by atoms with Gasteiger partial charge in [0.05, 0.1) is 0 Å². The number of amides is 2. The Hall–Kier alpha value is -2.15. The van der Waals surface area contributed by atoms with Gasteiger partial charge in [0, 0.05) is 37.4 Å². The van der Waals surface area contributed by atoms with Gasteiger partial charge in [-0.15, -0.1) is 0 Å². The molecule has 2 heterocycles. The minimum absolute atomic E-state index is 0.0476. The lowest BCUT2D eigenvalue weighted by molar-refractivity contribution is -0.122. The Kier molecular flexibility index (Phi) is 4.74. The van der Waals surface area contributed by atoms with Crippen LogP contribution < -0.4 is 21.3 Å². The van der Waals surface area contributed by atoms with Crippen LogP contribution in [-0.2, 0) is 4.79 Å². The maximum Gasteiger partial charge on any atom is 0.248 e. The molecular formula is C14H21N5O2. The summed E-state index contributed by atoms with van der Waals surface area (Å²) in [7, 11) is 0. The zero-order chi connectivity index (χ0) is 15.4. The van der Waals surface area contributed by atoms with Crippen molar-refractivity contribution < 1.29 is 9.59 Å². The summed E-state index contributed by atoms with van der Waals surface area (Å²) in [6.07, 6.45) is 0. The number of hydrogen-bond acceptors (Lipinski definition) is 5. The summed E-state index contributed by atoms with van der Waals surface area (Å²) in [6, 6.07) is 2.95. The average Bonchev–Trinajstić information content (AvgIpc) is 2.46. The summed E-state index contributed by atoms with van der Waals surface area (Å²) in [6.45, 7) is 6.23. The molecule has 21 heavy (non-hydrogen) atoms. The molecule has 1 fully saturated rings. The van der Waals surface area contributed by atoms with Gasteiger partial charge in [-0.2, -0.15) is 0 Å². The van der Waals surface area contributed by atoms with Crippen molar-refractivity contribution >= 4 is 17.6 Å². The highest BCUT2D eigenvalue weighted by molar-refractivity contribution is 5.94. The first-order valence-corrected chi connectivity index (χ1v) is 7.06. The van der Waals surface area contributed by atoms with Crippen LogP contribution in [0, 0.1) is 6.92 Å². The molecule has 7 nitrogen and oxygen atoms in total. The number of carbonyl (C=O) groups excluding carboxylic acids is 2. The van der Waals surface area contributed by atoms with E-state index in [-0.39, 0.29) is 11.9 Å². The number of nitrogens with zero attached hydrogens (tertiary/aromatic N) is 2. The first-order valence-electron chi connectivity index (χ1n) is 7.06. The Labute approximate surface area is 123 Å². The van der Waals surface area contributed by atoms with Crippen molar-refractivity contribution in [2.24, 2.45) is 5.73 Å². The van der Waals surface area contributed by atoms with Crippen LogP contribution in [-0.4, -0.2) is 49.0 Å². The fraction of sp³-hybridized carbons (Fsp3) is 0.500. The third-order valence-electron chi connectivity index (χ3n) is 3.42. The standard InChI is InChI=1S/C14H21N5O2/c1-3-17-14(21)11-8-16-4-5-19(11)12-7-10(13(15)20)6-9(2)18-12/h6-7,11,16H,3-5,8H2,1-2H3,(H2,15,20)(H,17,21). The van der Waals surface area contributed by atoms with E-state index in [9.17, 15) is 9.59 Å². The smallest absolute Gasteiger partial charge is 0.248 e. The molecule has 1 aliphatic heterocycles. The predicted molar refractivity (Wildman–Crippen MR) is 80.2 cm³/mol. The van der Waals surface area contributed by atoms with Crippen LogP contribution in [0.25, 0.3) is 0 Å². The van der Waals surface area contributed by atoms with E-state index in [2.05, 4.69) is 15.6 Å². The quantitative estimate of drug-likeness (QED) is 0.688. The molecule has 0 aliphatic carbocycles. The molecule has 2 rings (SSSR count). The lowest BCUT2D eigenvalue weighted by Crippen LogP contribution is -2.58. The van der Waals surface area contributed by atoms with Gasteiger partial charge >= 0.3 is 0 Å². The molecule has 1 unspecified atom stereocenters. The first-order chi connectivity index (χ1) is 10.0. The van der Waals surface area contributed by atoms with E-state index in [1.807, 2.05) is 11.8 Å². The molecule has 4 N–H and O–H groups in total. The van der Waals surface area contributed by atoms with E-state index in [1.165, 1.54) is 0 Å². The van der Waals surface area contributed by atoms with Crippen LogP contribution in [0.2, 0.25) is 0 Å². The van der Waals surface area contributed by atoms with Crippen LogP contribution in [0.3, 0.4) is 0 Å². The summed E-state index contributed by atoms with van der Waals surface area (Å²) in [5.74, 6) is 0.0710. The number of aromatic nitrogens is 1. The molecule has 1 aliphatic rings. The highest BCUT2D eigenvalue weighted by Crippen LogP contribution is 2.19. The molecule has 0 saturated carbocycles. The molecular weight excluding hydrogens is 270 g/mol. The second-order valence-corrected chi connectivity index (χ2v) is 5.03. The fourth-order valence-corrected chi connectivity index (χ4v) is 2.45. The minimum atomic E-state index is -0.494. The van der Waals surface area contributed by atoms with Crippen LogP contribution in [0.15, 0.2) is 12.1 Å². The fourth-order valence-electron chi connectivity index (χ4n) is 2.45. The molecule has 0 spiro atoms. The Bertz CT molecular complexity index is 546. The van der Waals surface area contributed by atoms with Crippen LogP contribution in [0.4, 0.5) is 5.82 Å². The Morgan fingerprint density at radius 1 is 1.52 bits per heavy atom. The summed E-state index contributed by atoms with van der Waals surface area (Å²) in [5, 5.41) is 6.03. The number of rotatable bonds is 4. The van der Waals surface area contributed by atoms with Crippen molar-refractivity contribution in [1.82, 2.24) is 15.6 Å². The molecule has 1 aromatic rings. The number of hydrogen-bond donors (Lipinski definition) is 3. The summed E-state index contributed by atoms with van der Waals surface area (Å²) < 4.78 is 0.